The number of ether oxygens (including phenoxy) is 1. The van der Waals surface area contributed by atoms with Crippen LogP contribution in [-0.4, -0.2) is 54.2 Å². The van der Waals surface area contributed by atoms with Gasteiger partial charge >= 0.3 is 5.97 Å². The summed E-state index contributed by atoms with van der Waals surface area (Å²) in [7, 11) is 1.38. The van der Waals surface area contributed by atoms with E-state index in [2.05, 4.69) is 0 Å². The Morgan fingerprint density at radius 3 is 2.82 bits per heavy atom. The van der Waals surface area contributed by atoms with E-state index in [0.29, 0.717) is 24.6 Å². The fourth-order valence-electron chi connectivity index (χ4n) is 4.90. The molecule has 0 unspecified atom stereocenters. The van der Waals surface area contributed by atoms with Gasteiger partial charge in [-0.15, -0.1) is 11.8 Å². The average molecular weight is 403 g/mol. The molecule has 1 saturated carbocycles. The summed E-state index contributed by atoms with van der Waals surface area (Å²) in [5.74, 6) is 0.435. The van der Waals surface area contributed by atoms with E-state index in [0.717, 1.165) is 36.3 Å². The minimum Gasteiger partial charge on any atom is -0.467 e. The summed E-state index contributed by atoms with van der Waals surface area (Å²) < 4.78 is 4.98. The van der Waals surface area contributed by atoms with E-state index in [1.807, 2.05) is 24.3 Å². The van der Waals surface area contributed by atoms with Gasteiger partial charge in [0.25, 0.3) is 0 Å². The maximum Gasteiger partial charge on any atom is 0.328 e. The molecule has 1 aromatic carbocycles. The molecule has 2 fully saturated rings. The molecule has 6 nitrogen and oxygen atoms in total. The number of amides is 2. The molecule has 28 heavy (non-hydrogen) atoms. The number of esters is 1. The van der Waals surface area contributed by atoms with Gasteiger partial charge in [0, 0.05) is 23.9 Å². The van der Waals surface area contributed by atoms with E-state index in [9.17, 15) is 14.4 Å². The third kappa shape index (κ3) is 3.52. The molecular weight excluding hydrogens is 376 g/mol. The Kier molecular flexibility index (Phi) is 5.62. The predicted molar refractivity (Wildman–Crippen MR) is 107 cm³/mol. The maximum absolute atomic E-state index is 13.2. The average Bonchev–Trinajstić information content (AvgIpc) is 3.12. The van der Waals surface area contributed by atoms with E-state index in [4.69, 9.17) is 4.74 Å². The van der Waals surface area contributed by atoms with Gasteiger partial charge in [0.1, 0.15) is 6.04 Å². The Bertz CT molecular complexity index is 783. The van der Waals surface area contributed by atoms with Crippen molar-refractivity contribution in [3.05, 3.63) is 24.3 Å². The molecule has 7 heteroatoms. The van der Waals surface area contributed by atoms with Gasteiger partial charge in [-0.2, -0.15) is 0 Å². The van der Waals surface area contributed by atoms with Crippen LogP contribution in [0.4, 0.5) is 5.69 Å². The molecule has 3 aliphatic rings. The highest BCUT2D eigenvalue weighted by molar-refractivity contribution is 8.00. The molecular formula is C21H26N2O4S. The van der Waals surface area contributed by atoms with Crippen LogP contribution in [0, 0.1) is 5.92 Å². The lowest BCUT2D eigenvalue weighted by atomic mass is 9.84. The largest absolute Gasteiger partial charge is 0.467 e. The Balaban J connectivity index is 1.49. The molecule has 2 heterocycles. The van der Waals surface area contributed by atoms with Crippen molar-refractivity contribution in [1.82, 2.24) is 4.90 Å². The molecule has 0 bridgehead atoms. The number of nitrogens with zero attached hydrogens (tertiary/aromatic N) is 2. The van der Waals surface area contributed by atoms with Crippen molar-refractivity contribution in [2.45, 2.75) is 55.5 Å². The molecule has 4 rings (SSSR count). The monoisotopic (exact) mass is 402 g/mol. The smallest absolute Gasteiger partial charge is 0.328 e. The first-order valence-corrected chi connectivity index (χ1v) is 11.0. The minimum atomic E-state index is -0.481. The number of thioether (sulfide) groups is 1. The SMILES string of the molecule is COC(=O)[C@@H]1C[C@@H]2CCCC[C@@H]2N1C(=O)CCN1C(=O)CSc2ccccc21. The zero-order valence-corrected chi connectivity index (χ0v) is 17.0. The third-order valence-corrected chi connectivity index (χ3v) is 7.25. The van der Waals surface area contributed by atoms with Crippen molar-refractivity contribution >= 4 is 35.2 Å². The first kappa shape index (κ1) is 19.3. The molecule has 3 atom stereocenters. The number of benzene rings is 1. The van der Waals surface area contributed by atoms with Gasteiger partial charge in [-0.05, 0) is 37.3 Å². The molecule has 2 aliphatic heterocycles. The number of methoxy groups -OCH3 is 1. The molecule has 0 N–H and O–H groups in total. The van der Waals surface area contributed by atoms with Crippen molar-refractivity contribution in [2.75, 3.05) is 24.3 Å². The first-order chi connectivity index (χ1) is 13.6. The van der Waals surface area contributed by atoms with Gasteiger partial charge in [0.2, 0.25) is 11.8 Å². The lowest BCUT2D eigenvalue weighted by molar-refractivity contribution is -0.152. The van der Waals surface area contributed by atoms with E-state index < -0.39 is 6.04 Å². The molecule has 2 amide bonds. The number of likely N-dealkylation sites (tertiary alicyclic amines) is 1. The normalized spacial score (nSPS) is 26.6. The highest BCUT2D eigenvalue weighted by Crippen LogP contribution is 2.41. The van der Waals surface area contributed by atoms with Crippen molar-refractivity contribution in [2.24, 2.45) is 5.92 Å². The Hall–Kier alpha value is -2.02. The van der Waals surface area contributed by atoms with Gasteiger partial charge in [-0.3, -0.25) is 9.59 Å². The van der Waals surface area contributed by atoms with E-state index in [1.165, 1.54) is 18.9 Å². The van der Waals surface area contributed by atoms with Crippen molar-refractivity contribution in [3.63, 3.8) is 0 Å². The van der Waals surface area contributed by atoms with Gasteiger partial charge in [-0.25, -0.2) is 4.79 Å². The number of fused-ring (bicyclic) bond motifs is 2. The first-order valence-electron chi connectivity index (χ1n) is 10.0. The molecule has 1 aliphatic carbocycles. The fourth-order valence-corrected chi connectivity index (χ4v) is 5.84. The van der Waals surface area contributed by atoms with Crippen LogP contribution in [0.15, 0.2) is 29.2 Å². The van der Waals surface area contributed by atoms with Gasteiger partial charge in [0.15, 0.2) is 0 Å². The second-order valence-corrected chi connectivity index (χ2v) is 8.76. The number of rotatable bonds is 4. The molecule has 1 saturated heterocycles. The Morgan fingerprint density at radius 1 is 1.21 bits per heavy atom. The van der Waals surface area contributed by atoms with E-state index in [-0.39, 0.29) is 30.2 Å². The Labute approximate surface area is 169 Å². The second kappa shape index (κ2) is 8.15. The zero-order valence-electron chi connectivity index (χ0n) is 16.1. The summed E-state index contributed by atoms with van der Waals surface area (Å²) in [6.45, 7) is 0.344. The van der Waals surface area contributed by atoms with E-state index >= 15 is 0 Å². The van der Waals surface area contributed by atoms with Crippen LogP contribution in [0.2, 0.25) is 0 Å². The predicted octanol–water partition coefficient (Wildman–Crippen LogP) is 2.85. The standard InChI is InChI=1S/C21H26N2O4S/c1-27-21(26)17-12-14-6-2-3-7-15(14)23(17)19(24)10-11-22-16-8-4-5-9-18(16)28-13-20(22)25/h4-5,8-9,14-15,17H,2-3,6-7,10-13H2,1H3/t14-,15-,17-/m0/s1. The van der Waals surface area contributed by atoms with Gasteiger partial charge < -0.3 is 14.5 Å². The number of para-hydroxylation sites is 1. The van der Waals surface area contributed by atoms with Crippen molar-refractivity contribution in [1.29, 1.82) is 0 Å². The van der Waals surface area contributed by atoms with Crippen LogP contribution in [0.1, 0.15) is 38.5 Å². The summed E-state index contributed by atoms with van der Waals surface area (Å²) in [6, 6.07) is 7.44. The van der Waals surface area contributed by atoms with Crippen LogP contribution < -0.4 is 4.90 Å². The Morgan fingerprint density at radius 2 is 2.00 bits per heavy atom. The lowest BCUT2D eigenvalue weighted by Gasteiger charge is -2.34. The van der Waals surface area contributed by atoms with Crippen molar-refractivity contribution in [3.8, 4) is 0 Å². The maximum atomic E-state index is 13.2. The fraction of sp³-hybridized carbons (Fsp3) is 0.571. The van der Waals surface area contributed by atoms with Crippen LogP contribution in [0.3, 0.4) is 0 Å². The van der Waals surface area contributed by atoms with Crippen LogP contribution in [0.5, 0.6) is 0 Å². The number of hydrogen-bond acceptors (Lipinski definition) is 5. The van der Waals surface area contributed by atoms with Crippen molar-refractivity contribution < 1.29 is 19.1 Å². The number of carbonyl (C=O) groups is 3. The van der Waals surface area contributed by atoms with Crippen LogP contribution in [-0.2, 0) is 19.1 Å². The lowest BCUT2D eigenvalue weighted by Crippen LogP contribution is -2.48. The highest BCUT2D eigenvalue weighted by atomic mass is 32.2. The summed E-state index contributed by atoms with van der Waals surface area (Å²) >= 11 is 1.53. The quantitative estimate of drug-likeness (QED) is 0.725. The number of carbonyl (C=O) groups excluding carboxylic acids is 3. The minimum absolute atomic E-state index is 0.0259. The van der Waals surface area contributed by atoms with Crippen LogP contribution >= 0.6 is 11.8 Å². The van der Waals surface area contributed by atoms with Gasteiger partial charge in [0.05, 0.1) is 18.6 Å². The number of anilines is 1. The second-order valence-electron chi connectivity index (χ2n) is 7.74. The summed E-state index contributed by atoms with van der Waals surface area (Å²) in [6.07, 6.45) is 5.19. The zero-order chi connectivity index (χ0) is 19.7. The number of hydrogen-bond donors (Lipinski definition) is 0. The molecule has 1 aromatic rings. The molecule has 0 aromatic heterocycles. The molecule has 150 valence electrons. The van der Waals surface area contributed by atoms with E-state index in [1.54, 1.807) is 9.80 Å². The summed E-state index contributed by atoms with van der Waals surface area (Å²) in [4.78, 5) is 42.5. The highest BCUT2D eigenvalue weighted by Gasteiger charge is 2.47. The van der Waals surface area contributed by atoms with Crippen LogP contribution in [0.25, 0.3) is 0 Å². The third-order valence-electron chi connectivity index (χ3n) is 6.21. The molecule has 0 spiro atoms. The topological polar surface area (TPSA) is 66.9 Å². The molecule has 0 radical (unpaired) electrons. The summed E-state index contributed by atoms with van der Waals surface area (Å²) in [5.41, 5.74) is 0.873. The summed E-state index contributed by atoms with van der Waals surface area (Å²) in [5, 5.41) is 0. The van der Waals surface area contributed by atoms with Gasteiger partial charge in [-0.1, -0.05) is 25.0 Å².